The van der Waals surface area contributed by atoms with Gasteiger partial charge in [-0.15, -0.1) is 0 Å². The summed E-state index contributed by atoms with van der Waals surface area (Å²) in [5.74, 6) is 3.34. The molecule has 1 aromatic heterocycles. The maximum Gasteiger partial charge on any atom is 0.120 e. The Hall–Kier alpha value is -0.450. The van der Waals surface area contributed by atoms with E-state index in [1.165, 1.54) is 17.7 Å². The smallest absolute Gasteiger partial charge is 0.120 e. The summed E-state index contributed by atoms with van der Waals surface area (Å²) >= 11 is 1.91. The Balaban J connectivity index is 2.56. The van der Waals surface area contributed by atoms with E-state index in [0.29, 0.717) is 6.04 Å². The van der Waals surface area contributed by atoms with Crippen LogP contribution in [0.15, 0.2) is 10.5 Å². The monoisotopic (exact) mass is 312 g/mol. The number of thioether (sulfide) groups is 1. The van der Waals surface area contributed by atoms with Crippen LogP contribution in [0.4, 0.5) is 0 Å². The molecule has 1 aromatic rings. The minimum Gasteiger partial charge on any atom is -0.463 e. The molecular formula is C17H32N2OS. The zero-order valence-electron chi connectivity index (χ0n) is 14.7. The van der Waals surface area contributed by atoms with E-state index in [2.05, 4.69) is 64.2 Å². The van der Waals surface area contributed by atoms with Crippen molar-refractivity contribution in [3.05, 3.63) is 23.2 Å². The topological polar surface area (TPSA) is 28.4 Å². The summed E-state index contributed by atoms with van der Waals surface area (Å²) in [7, 11) is 2.18. The summed E-state index contributed by atoms with van der Waals surface area (Å²) in [6.45, 7) is 12.6. The van der Waals surface area contributed by atoms with Crippen LogP contribution in [0.5, 0.6) is 0 Å². The molecular weight excluding hydrogens is 280 g/mol. The van der Waals surface area contributed by atoms with Crippen molar-refractivity contribution in [3.63, 3.8) is 0 Å². The molecule has 21 heavy (non-hydrogen) atoms. The van der Waals surface area contributed by atoms with Gasteiger partial charge in [0.1, 0.15) is 11.5 Å². The average molecular weight is 313 g/mol. The fourth-order valence-corrected chi connectivity index (χ4v) is 2.68. The molecule has 0 aliphatic heterocycles. The lowest BCUT2D eigenvalue weighted by Gasteiger charge is -2.23. The van der Waals surface area contributed by atoms with Crippen LogP contribution in [0.3, 0.4) is 0 Å². The number of nitrogens with zero attached hydrogens (tertiary/aromatic N) is 1. The third kappa shape index (κ3) is 6.90. The molecule has 0 saturated heterocycles. The summed E-state index contributed by atoms with van der Waals surface area (Å²) in [4.78, 5) is 2.37. The summed E-state index contributed by atoms with van der Waals surface area (Å²) in [5.41, 5.74) is 1.36. The summed E-state index contributed by atoms with van der Waals surface area (Å²) in [6, 6.07) is 2.76. The average Bonchev–Trinajstić information content (AvgIpc) is 2.72. The number of hydrogen-bond acceptors (Lipinski definition) is 4. The van der Waals surface area contributed by atoms with Crippen molar-refractivity contribution in [1.82, 2.24) is 10.2 Å². The van der Waals surface area contributed by atoms with Gasteiger partial charge in [0.15, 0.2) is 0 Å². The van der Waals surface area contributed by atoms with E-state index in [1.54, 1.807) is 0 Å². The van der Waals surface area contributed by atoms with Gasteiger partial charge in [-0.25, -0.2) is 0 Å². The molecule has 1 rings (SSSR count). The van der Waals surface area contributed by atoms with Gasteiger partial charge in [-0.2, -0.15) is 11.8 Å². The Bertz CT molecular complexity index is 423. The van der Waals surface area contributed by atoms with Gasteiger partial charge in [0.05, 0.1) is 13.1 Å². The zero-order valence-corrected chi connectivity index (χ0v) is 15.6. The Morgan fingerprint density at radius 1 is 1.38 bits per heavy atom. The standard InChI is InChI=1S/C17H32N2OS/c1-13-10-15(12-19(6)14(2)8-9-21-7)20-16(13)11-18-17(3,4)5/h10,14,18H,8-9,11-12H2,1-7H3. The predicted molar refractivity (Wildman–Crippen MR) is 94.0 cm³/mol. The molecule has 0 radical (unpaired) electrons. The van der Waals surface area contributed by atoms with E-state index >= 15 is 0 Å². The quantitative estimate of drug-likeness (QED) is 0.784. The lowest BCUT2D eigenvalue weighted by atomic mass is 10.1. The SMILES string of the molecule is CSCCC(C)N(C)Cc1cc(C)c(CNC(C)(C)C)o1. The summed E-state index contributed by atoms with van der Waals surface area (Å²) in [6.07, 6.45) is 3.38. The molecule has 0 bridgehead atoms. The van der Waals surface area contributed by atoms with Crippen molar-refractivity contribution in [3.8, 4) is 0 Å². The highest BCUT2D eigenvalue weighted by Crippen LogP contribution is 2.18. The highest BCUT2D eigenvalue weighted by atomic mass is 32.2. The highest BCUT2D eigenvalue weighted by molar-refractivity contribution is 7.98. The lowest BCUT2D eigenvalue weighted by Crippen LogP contribution is -2.35. The second-order valence-electron chi connectivity index (χ2n) is 6.97. The van der Waals surface area contributed by atoms with Crippen molar-refractivity contribution in [2.75, 3.05) is 19.1 Å². The minimum absolute atomic E-state index is 0.114. The molecule has 1 N–H and O–H groups in total. The van der Waals surface area contributed by atoms with Gasteiger partial charge in [0, 0.05) is 11.6 Å². The first-order chi connectivity index (χ1) is 9.73. The van der Waals surface area contributed by atoms with E-state index in [-0.39, 0.29) is 5.54 Å². The second kappa shape index (κ2) is 8.25. The Kier molecular flexibility index (Phi) is 7.31. The zero-order chi connectivity index (χ0) is 16.0. The molecule has 0 amide bonds. The molecule has 4 heteroatoms. The van der Waals surface area contributed by atoms with Gasteiger partial charge in [0.2, 0.25) is 0 Å². The first-order valence-electron chi connectivity index (χ1n) is 7.75. The van der Waals surface area contributed by atoms with E-state index in [4.69, 9.17) is 4.42 Å². The maximum absolute atomic E-state index is 6.03. The van der Waals surface area contributed by atoms with Crippen molar-refractivity contribution >= 4 is 11.8 Å². The molecule has 3 nitrogen and oxygen atoms in total. The van der Waals surface area contributed by atoms with Gasteiger partial charge >= 0.3 is 0 Å². The first-order valence-corrected chi connectivity index (χ1v) is 9.14. The predicted octanol–water partition coefficient (Wildman–Crippen LogP) is 4.05. The van der Waals surface area contributed by atoms with Gasteiger partial charge in [-0.1, -0.05) is 0 Å². The van der Waals surface area contributed by atoms with Crippen LogP contribution < -0.4 is 5.32 Å². The number of hydrogen-bond donors (Lipinski definition) is 1. The lowest BCUT2D eigenvalue weighted by molar-refractivity contribution is 0.223. The molecule has 0 aliphatic carbocycles. The normalized spacial score (nSPS) is 13.9. The molecule has 0 spiro atoms. The number of rotatable bonds is 8. The van der Waals surface area contributed by atoms with E-state index in [0.717, 1.165) is 24.6 Å². The van der Waals surface area contributed by atoms with Crippen molar-refractivity contribution < 1.29 is 4.42 Å². The summed E-state index contributed by atoms with van der Waals surface area (Å²) in [5, 5.41) is 3.49. The molecule has 1 unspecified atom stereocenters. The van der Waals surface area contributed by atoms with E-state index < -0.39 is 0 Å². The maximum atomic E-state index is 6.03. The molecule has 0 fully saturated rings. The van der Waals surface area contributed by atoms with Crippen LogP contribution in [-0.4, -0.2) is 35.5 Å². The third-order valence-electron chi connectivity index (χ3n) is 3.75. The van der Waals surface area contributed by atoms with Crippen molar-refractivity contribution in [2.45, 2.75) is 65.7 Å². The number of furan rings is 1. The van der Waals surface area contributed by atoms with Gasteiger partial charge in [0.25, 0.3) is 0 Å². The Morgan fingerprint density at radius 3 is 2.62 bits per heavy atom. The van der Waals surface area contributed by atoms with E-state index in [9.17, 15) is 0 Å². The van der Waals surface area contributed by atoms with Gasteiger partial charge in [-0.3, -0.25) is 4.90 Å². The number of aryl methyl sites for hydroxylation is 1. The number of nitrogens with one attached hydrogen (secondary N) is 1. The van der Waals surface area contributed by atoms with Gasteiger partial charge in [-0.05, 0) is 71.7 Å². The molecule has 1 atom stereocenters. The van der Waals surface area contributed by atoms with Crippen LogP contribution in [0, 0.1) is 6.92 Å². The Morgan fingerprint density at radius 2 is 2.05 bits per heavy atom. The molecule has 122 valence electrons. The second-order valence-corrected chi connectivity index (χ2v) is 7.95. The minimum atomic E-state index is 0.114. The van der Waals surface area contributed by atoms with Crippen molar-refractivity contribution in [2.24, 2.45) is 0 Å². The fourth-order valence-electron chi connectivity index (χ4n) is 2.10. The molecule has 1 heterocycles. The van der Waals surface area contributed by atoms with Crippen LogP contribution in [0.2, 0.25) is 0 Å². The van der Waals surface area contributed by atoms with Crippen LogP contribution in [0.25, 0.3) is 0 Å². The highest BCUT2D eigenvalue weighted by Gasteiger charge is 2.15. The van der Waals surface area contributed by atoms with Crippen LogP contribution in [0.1, 0.15) is 51.2 Å². The van der Waals surface area contributed by atoms with Crippen LogP contribution in [-0.2, 0) is 13.1 Å². The molecule has 0 aromatic carbocycles. The Labute approximate surface area is 134 Å². The third-order valence-corrected chi connectivity index (χ3v) is 4.39. The van der Waals surface area contributed by atoms with Gasteiger partial charge < -0.3 is 9.73 Å². The first kappa shape index (κ1) is 18.6. The summed E-state index contributed by atoms with van der Waals surface area (Å²) < 4.78 is 6.03. The molecule has 0 aliphatic rings. The van der Waals surface area contributed by atoms with Crippen molar-refractivity contribution in [1.29, 1.82) is 0 Å². The van der Waals surface area contributed by atoms with Crippen LogP contribution >= 0.6 is 11.8 Å². The fraction of sp³-hybridized carbons (Fsp3) is 0.765. The largest absolute Gasteiger partial charge is 0.463 e. The molecule has 0 saturated carbocycles. The van der Waals surface area contributed by atoms with E-state index in [1.807, 2.05) is 11.8 Å².